The number of rotatable bonds is 3. The Morgan fingerprint density at radius 2 is 1.89 bits per heavy atom. The van der Waals surface area contributed by atoms with Gasteiger partial charge in [-0.3, -0.25) is 4.90 Å². The maximum atomic E-state index is 11.5. The molecule has 1 saturated heterocycles. The highest BCUT2D eigenvalue weighted by Gasteiger charge is 2.28. The number of halogens is 1. The molecule has 1 atom stereocenters. The van der Waals surface area contributed by atoms with Gasteiger partial charge in [0.05, 0.1) is 6.26 Å². The lowest BCUT2D eigenvalue weighted by Crippen LogP contribution is -2.52. The molecule has 6 heteroatoms. The van der Waals surface area contributed by atoms with Crippen molar-refractivity contribution in [1.82, 2.24) is 9.21 Å². The van der Waals surface area contributed by atoms with E-state index in [2.05, 4.69) is 39.9 Å². The average molecular weight is 347 g/mol. The molecule has 0 bridgehead atoms. The molecule has 0 saturated carbocycles. The Kier molecular flexibility index (Phi) is 4.66. The number of hydrogen-bond acceptors (Lipinski definition) is 3. The maximum Gasteiger partial charge on any atom is 0.211 e. The molecule has 0 spiro atoms. The minimum absolute atomic E-state index is 0.243. The highest BCUT2D eigenvalue weighted by molar-refractivity contribution is 9.10. The predicted octanol–water partition coefficient (Wildman–Crippen LogP) is 1.91. The third kappa shape index (κ3) is 4.02. The van der Waals surface area contributed by atoms with Crippen molar-refractivity contribution in [3.8, 4) is 0 Å². The van der Waals surface area contributed by atoms with E-state index in [9.17, 15) is 8.42 Å². The smallest absolute Gasteiger partial charge is 0.211 e. The van der Waals surface area contributed by atoms with E-state index in [1.807, 2.05) is 12.1 Å². The first-order valence-electron chi connectivity index (χ1n) is 6.30. The van der Waals surface area contributed by atoms with Crippen LogP contribution in [0.3, 0.4) is 0 Å². The molecule has 0 N–H and O–H groups in total. The Labute approximate surface area is 123 Å². The first-order valence-corrected chi connectivity index (χ1v) is 8.94. The van der Waals surface area contributed by atoms with Crippen LogP contribution in [0.15, 0.2) is 28.7 Å². The number of benzene rings is 1. The van der Waals surface area contributed by atoms with Crippen molar-refractivity contribution in [2.45, 2.75) is 19.5 Å². The molecule has 106 valence electrons. The third-order valence-electron chi connectivity index (χ3n) is 3.50. The molecule has 0 aliphatic carbocycles. The Morgan fingerprint density at radius 3 is 2.42 bits per heavy atom. The van der Waals surface area contributed by atoms with Crippen LogP contribution in [-0.4, -0.2) is 49.6 Å². The van der Waals surface area contributed by atoms with E-state index in [0.29, 0.717) is 13.1 Å². The normalized spacial score (nSPS) is 22.6. The predicted molar refractivity (Wildman–Crippen MR) is 80.4 cm³/mol. The van der Waals surface area contributed by atoms with E-state index in [1.165, 1.54) is 11.8 Å². The summed E-state index contributed by atoms with van der Waals surface area (Å²) in [4.78, 5) is 2.32. The quantitative estimate of drug-likeness (QED) is 0.839. The Hall–Kier alpha value is -0.430. The van der Waals surface area contributed by atoms with Crippen LogP contribution < -0.4 is 0 Å². The van der Waals surface area contributed by atoms with Crippen LogP contribution in [0.4, 0.5) is 0 Å². The monoisotopic (exact) mass is 346 g/mol. The van der Waals surface area contributed by atoms with Crippen molar-refractivity contribution in [3.05, 3.63) is 34.3 Å². The molecule has 1 aliphatic rings. The first-order chi connectivity index (χ1) is 8.86. The molecular formula is C13H19BrN2O2S. The highest BCUT2D eigenvalue weighted by Crippen LogP contribution is 2.17. The topological polar surface area (TPSA) is 40.6 Å². The average Bonchev–Trinajstić information content (AvgIpc) is 2.33. The zero-order valence-corrected chi connectivity index (χ0v) is 13.6. The van der Waals surface area contributed by atoms with Gasteiger partial charge in [-0.1, -0.05) is 28.1 Å². The number of sulfonamides is 1. The fourth-order valence-corrected chi connectivity index (χ4v) is 3.49. The first kappa shape index (κ1) is 15.0. The van der Waals surface area contributed by atoms with Crippen molar-refractivity contribution >= 4 is 26.0 Å². The lowest BCUT2D eigenvalue weighted by Gasteiger charge is -2.38. The summed E-state index contributed by atoms with van der Waals surface area (Å²) in [7, 11) is -3.06. The molecule has 0 unspecified atom stereocenters. The summed E-state index contributed by atoms with van der Waals surface area (Å²) in [6.45, 7) is 4.89. The SMILES string of the molecule is C[C@H]1CN(S(C)(=O)=O)CCN1Cc1ccc(Br)cc1. The molecule has 1 aromatic rings. The number of nitrogens with zero attached hydrogens (tertiary/aromatic N) is 2. The summed E-state index contributed by atoms with van der Waals surface area (Å²) in [5.74, 6) is 0. The molecule has 0 amide bonds. The largest absolute Gasteiger partial charge is 0.294 e. The molecule has 1 aliphatic heterocycles. The second-order valence-corrected chi connectivity index (χ2v) is 7.97. The summed E-state index contributed by atoms with van der Waals surface area (Å²) in [5, 5.41) is 0. The Morgan fingerprint density at radius 1 is 1.26 bits per heavy atom. The Bertz CT molecular complexity index is 530. The van der Waals surface area contributed by atoms with Crippen molar-refractivity contribution in [2.24, 2.45) is 0 Å². The van der Waals surface area contributed by atoms with E-state index in [-0.39, 0.29) is 6.04 Å². The zero-order valence-electron chi connectivity index (χ0n) is 11.2. The van der Waals surface area contributed by atoms with Crippen molar-refractivity contribution < 1.29 is 8.42 Å². The highest BCUT2D eigenvalue weighted by atomic mass is 79.9. The standard InChI is InChI=1S/C13H19BrN2O2S/c1-11-9-16(19(2,17)18)8-7-15(11)10-12-3-5-13(14)6-4-12/h3-6,11H,7-10H2,1-2H3/t11-/m0/s1. The van der Waals surface area contributed by atoms with Gasteiger partial charge in [0.15, 0.2) is 0 Å². The van der Waals surface area contributed by atoms with E-state index in [1.54, 1.807) is 4.31 Å². The van der Waals surface area contributed by atoms with E-state index >= 15 is 0 Å². The van der Waals surface area contributed by atoms with Crippen LogP contribution in [-0.2, 0) is 16.6 Å². The summed E-state index contributed by atoms with van der Waals surface area (Å²) < 4.78 is 25.7. The van der Waals surface area contributed by atoms with Crippen LogP contribution in [0.5, 0.6) is 0 Å². The van der Waals surface area contributed by atoms with Gasteiger partial charge in [0.2, 0.25) is 10.0 Å². The maximum absolute atomic E-state index is 11.5. The molecule has 1 fully saturated rings. The molecule has 4 nitrogen and oxygen atoms in total. The van der Waals surface area contributed by atoms with Gasteiger partial charge in [-0.05, 0) is 24.6 Å². The van der Waals surface area contributed by atoms with Crippen LogP contribution in [0.25, 0.3) is 0 Å². The minimum atomic E-state index is -3.06. The van der Waals surface area contributed by atoms with Crippen LogP contribution in [0.2, 0.25) is 0 Å². The second-order valence-electron chi connectivity index (χ2n) is 5.07. The van der Waals surface area contributed by atoms with Crippen molar-refractivity contribution in [1.29, 1.82) is 0 Å². The molecule has 19 heavy (non-hydrogen) atoms. The Balaban J connectivity index is 1.99. The van der Waals surface area contributed by atoms with Gasteiger partial charge in [0, 0.05) is 36.7 Å². The molecule has 2 rings (SSSR count). The van der Waals surface area contributed by atoms with Gasteiger partial charge in [-0.2, -0.15) is 4.31 Å². The summed E-state index contributed by atoms with van der Waals surface area (Å²) in [5.41, 5.74) is 1.25. The second kappa shape index (κ2) is 5.91. The number of piperazine rings is 1. The summed E-state index contributed by atoms with van der Waals surface area (Å²) >= 11 is 3.43. The molecule has 0 radical (unpaired) electrons. The van der Waals surface area contributed by atoms with Gasteiger partial charge in [-0.25, -0.2) is 8.42 Å². The number of hydrogen-bond donors (Lipinski definition) is 0. The molecular weight excluding hydrogens is 328 g/mol. The molecule has 1 aromatic carbocycles. The van der Waals surface area contributed by atoms with E-state index in [0.717, 1.165) is 17.6 Å². The van der Waals surface area contributed by atoms with Gasteiger partial charge >= 0.3 is 0 Å². The van der Waals surface area contributed by atoms with Crippen molar-refractivity contribution in [2.75, 3.05) is 25.9 Å². The zero-order chi connectivity index (χ0) is 14.0. The fraction of sp³-hybridized carbons (Fsp3) is 0.538. The van der Waals surface area contributed by atoms with E-state index < -0.39 is 10.0 Å². The minimum Gasteiger partial charge on any atom is -0.294 e. The van der Waals surface area contributed by atoms with Crippen LogP contribution in [0, 0.1) is 0 Å². The lowest BCUT2D eigenvalue weighted by molar-refractivity contribution is 0.122. The van der Waals surface area contributed by atoms with Gasteiger partial charge in [0.25, 0.3) is 0 Å². The van der Waals surface area contributed by atoms with Crippen LogP contribution >= 0.6 is 15.9 Å². The van der Waals surface area contributed by atoms with Gasteiger partial charge in [0.1, 0.15) is 0 Å². The molecule has 0 aromatic heterocycles. The van der Waals surface area contributed by atoms with Gasteiger partial charge < -0.3 is 0 Å². The summed E-state index contributed by atoms with van der Waals surface area (Å²) in [6, 6.07) is 8.51. The fourth-order valence-electron chi connectivity index (χ4n) is 2.32. The summed E-state index contributed by atoms with van der Waals surface area (Å²) in [6.07, 6.45) is 1.28. The van der Waals surface area contributed by atoms with Crippen molar-refractivity contribution in [3.63, 3.8) is 0 Å². The lowest BCUT2D eigenvalue weighted by atomic mass is 10.1. The van der Waals surface area contributed by atoms with Crippen LogP contribution in [0.1, 0.15) is 12.5 Å². The third-order valence-corrected chi connectivity index (χ3v) is 5.29. The van der Waals surface area contributed by atoms with Gasteiger partial charge in [-0.15, -0.1) is 0 Å². The molecule has 1 heterocycles. The van der Waals surface area contributed by atoms with E-state index in [4.69, 9.17) is 0 Å².